The highest BCUT2D eigenvalue weighted by Gasteiger charge is 2.67. The van der Waals surface area contributed by atoms with Crippen molar-refractivity contribution >= 4 is 17.9 Å². The first-order valence-electron chi connectivity index (χ1n) is 12.8. The first-order valence-corrected chi connectivity index (χ1v) is 12.8. The zero-order valence-corrected chi connectivity index (χ0v) is 20.6. The lowest BCUT2D eigenvalue weighted by atomic mass is 9.43. The van der Waals surface area contributed by atoms with E-state index in [4.69, 9.17) is 14.2 Å². The summed E-state index contributed by atoms with van der Waals surface area (Å²) in [7, 11) is 0. The van der Waals surface area contributed by atoms with Crippen molar-refractivity contribution in [2.24, 2.45) is 34.5 Å². The standard InChI is InChI=1S/C26H40O7/c1-5-31-23(29)22-7-6-20-19-9-13-26(30)14-18(33-17(3)28)8-12-25(26,15-32-16(2)27)21(19)10-11-24(20,22)4/h18-22,30H,5-15H2,1-4H3/t18-,19-,20-,21-,22+,24-,25-,26+/m0/s1. The molecule has 0 bridgehead atoms. The van der Waals surface area contributed by atoms with Crippen molar-refractivity contribution in [3.05, 3.63) is 0 Å². The molecule has 4 fully saturated rings. The topological polar surface area (TPSA) is 99.1 Å². The number of hydrogen-bond acceptors (Lipinski definition) is 7. The minimum atomic E-state index is -1.03. The zero-order valence-electron chi connectivity index (χ0n) is 20.6. The Balaban J connectivity index is 1.63. The fraction of sp³-hybridized carbons (Fsp3) is 0.885. The highest BCUT2D eigenvalue weighted by Crippen LogP contribution is 2.68. The van der Waals surface area contributed by atoms with E-state index < -0.39 is 11.0 Å². The van der Waals surface area contributed by atoms with Gasteiger partial charge < -0.3 is 19.3 Å². The van der Waals surface area contributed by atoms with Gasteiger partial charge in [0.25, 0.3) is 0 Å². The Bertz CT molecular complexity index is 796. The quantitative estimate of drug-likeness (QED) is 0.488. The van der Waals surface area contributed by atoms with Crippen LogP contribution in [0.1, 0.15) is 85.5 Å². The van der Waals surface area contributed by atoms with E-state index in [0.29, 0.717) is 44.1 Å². The molecule has 0 spiro atoms. The van der Waals surface area contributed by atoms with E-state index in [-0.39, 0.29) is 47.9 Å². The fourth-order valence-electron chi connectivity index (χ4n) is 8.51. The number of esters is 3. The lowest BCUT2D eigenvalue weighted by Gasteiger charge is -2.64. The molecule has 4 aliphatic rings. The predicted octanol–water partition coefficient (Wildman–Crippen LogP) is 3.80. The molecule has 7 heteroatoms. The maximum atomic E-state index is 12.7. The molecule has 1 N–H and O–H groups in total. The average molecular weight is 465 g/mol. The smallest absolute Gasteiger partial charge is 0.309 e. The molecule has 0 aromatic rings. The third-order valence-electron chi connectivity index (χ3n) is 9.88. The van der Waals surface area contributed by atoms with Gasteiger partial charge in [-0.25, -0.2) is 0 Å². The molecule has 4 aliphatic carbocycles. The van der Waals surface area contributed by atoms with Gasteiger partial charge in [0.2, 0.25) is 0 Å². The molecule has 0 heterocycles. The predicted molar refractivity (Wildman–Crippen MR) is 120 cm³/mol. The SMILES string of the molecule is CCOC(=O)[C@H]1CC[C@H]2[C@@H]3CC[C@@]4(O)C[C@@H](OC(C)=O)CC[C@]4(COC(C)=O)[C@H]3CC[C@]12C. The van der Waals surface area contributed by atoms with Crippen molar-refractivity contribution in [2.75, 3.05) is 13.2 Å². The summed E-state index contributed by atoms with van der Waals surface area (Å²) in [5, 5.41) is 12.0. The Kier molecular flexibility index (Phi) is 6.58. The van der Waals surface area contributed by atoms with E-state index >= 15 is 0 Å². The van der Waals surface area contributed by atoms with E-state index in [2.05, 4.69) is 6.92 Å². The van der Waals surface area contributed by atoms with Gasteiger partial charge in [0, 0.05) is 25.7 Å². The fourth-order valence-corrected chi connectivity index (χ4v) is 8.51. The first-order chi connectivity index (χ1) is 15.6. The largest absolute Gasteiger partial charge is 0.466 e. The number of ether oxygens (including phenoxy) is 3. The highest BCUT2D eigenvalue weighted by atomic mass is 16.5. The average Bonchev–Trinajstić information content (AvgIpc) is 3.09. The molecule has 0 aromatic carbocycles. The van der Waals surface area contributed by atoms with Crippen molar-refractivity contribution in [2.45, 2.75) is 97.2 Å². The van der Waals surface area contributed by atoms with E-state index in [1.807, 2.05) is 6.92 Å². The van der Waals surface area contributed by atoms with Crippen molar-refractivity contribution in [1.82, 2.24) is 0 Å². The number of aliphatic hydroxyl groups is 1. The summed E-state index contributed by atoms with van der Waals surface area (Å²) < 4.78 is 16.6. The Morgan fingerprint density at radius 3 is 2.33 bits per heavy atom. The van der Waals surface area contributed by atoms with Crippen molar-refractivity contribution < 1.29 is 33.7 Å². The normalized spacial score (nSPS) is 44.1. The Morgan fingerprint density at radius 2 is 1.67 bits per heavy atom. The van der Waals surface area contributed by atoms with E-state index in [1.54, 1.807) is 0 Å². The molecule has 7 nitrogen and oxygen atoms in total. The van der Waals surface area contributed by atoms with Crippen LogP contribution in [0.25, 0.3) is 0 Å². The van der Waals surface area contributed by atoms with E-state index in [0.717, 1.165) is 32.1 Å². The Morgan fingerprint density at radius 1 is 0.909 bits per heavy atom. The molecule has 8 atom stereocenters. The van der Waals surface area contributed by atoms with Crippen LogP contribution in [0.5, 0.6) is 0 Å². The van der Waals surface area contributed by atoms with Crippen LogP contribution in [0.4, 0.5) is 0 Å². The summed E-state index contributed by atoms with van der Waals surface area (Å²) in [6.07, 6.45) is 6.57. The number of hydrogen-bond donors (Lipinski definition) is 1. The molecule has 4 rings (SSSR count). The Labute approximate surface area is 196 Å². The maximum Gasteiger partial charge on any atom is 0.309 e. The second-order valence-corrected chi connectivity index (χ2v) is 11.3. The monoisotopic (exact) mass is 464 g/mol. The molecule has 0 radical (unpaired) electrons. The van der Waals surface area contributed by atoms with Crippen LogP contribution in [-0.4, -0.2) is 47.9 Å². The van der Waals surface area contributed by atoms with Crippen LogP contribution in [-0.2, 0) is 28.6 Å². The van der Waals surface area contributed by atoms with Crippen molar-refractivity contribution in [1.29, 1.82) is 0 Å². The Hall–Kier alpha value is -1.63. The van der Waals surface area contributed by atoms with Gasteiger partial charge in [0.15, 0.2) is 0 Å². The van der Waals surface area contributed by atoms with Crippen molar-refractivity contribution in [3.8, 4) is 0 Å². The van der Waals surface area contributed by atoms with Crippen LogP contribution in [0.15, 0.2) is 0 Å². The molecule has 0 saturated heterocycles. The van der Waals surface area contributed by atoms with Gasteiger partial charge in [-0.3, -0.25) is 14.4 Å². The van der Waals surface area contributed by atoms with Crippen LogP contribution in [0.3, 0.4) is 0 Å². The highest BCUT2D eigenvalue weighted by molar-refractivity contribution is 5.74. The summed E-state index contributed by atoms with van der Waals surface area (Å²) in [6.45, 7) is 7.56. The van der Waals surface area contributed by atoms with E-state index in [9.17, 15) is 19.5 Å². The molecule has 0 amide bonds. The van der Waals surface area contributed by atoms with Crippen LogP contribution in [0.2, 0.25) is 0 Å². The molecule has 0 aromatic heterocycles. The second kappa shape index (κ2) is 8.86. The molecule has 33 heavy (non-hydrogen) atoms. The number of fused-ring (bicyclic) bond motifs is 5. The second-order valence-electron chi connectivity index (χ2n) is 11.3. The van der Waals surface area contributed by atoms with Gasteiger partial charge in [-0.05, 0) is 81.5 Å². The van der Waals surface area contributed by atoms with Gasteiger partial charge in [-0.2, -0.15) is 0 Å². The number of carbonyl (C=O) groups excluding carboxylic acids is 3. The molecule has 4 saturated carbocycles. The van der Waals surface area contributed by atoms with Crippen molar-refractivity contribution in [3.63, 3.8) is 0 Å². The third-order valence-corrected chi connectivity index (χ3v) is 9.88. The van der Waals surface area contributed by atoms with Gasteiger partial charge in [0.05, 0.1) is 24.7 Å². The van der Waals surface area contributed by atoms with Gasteiger partial charge in [-0.1, -0.05) is 6.92 Å². The van der Waals surface area contributed by atoms with Gasteiger partial charge in [-0.15, -0.1) is 0 Å². The van der Waals surface area contributed by atoms with Gasteiger partial charge in [0.1, 0.15) is 6.10 Å². The summed E-state index contributed by atoms with van der Waals surface area (Å²) >= 11 is 0. The third kappa shape index (κ3) is 3.98. The summed E-state index contributed by atoms with van der Waals surface area (Å²) in [6, 6.07) is 0. The molecule has 0 unspecified atom stereocenters. The maximum absolute atomic E-state index is 12.7. The minimum absolute atomic E-state index is 0.0617. The first kappa shape index (κ1) is 24.5. The number of carbonyl (C=O) groups is 3. The number of rotatable bonds is 5. The lowest BCUT2D eigenvalue weighted by Crippen LogP contribution is -2.66. The minimum Gasteiger partial charge on any atom is -0.466 e. The molecular formula is C26H40O7. The summed E-state index contributed by atoms with van der Waals surface area (Å²) in [4.78, 5) is 36.1. The van der Waals surface area contributed by atoms with Crippen LogP contribution in [0, 0.1) is 34.5 Å². The van der Waals surface area contributed by atoms with Crippen LogP contribution < -0.4 is 0 Å². The molecular weight excluding hydrogens is 424 g/mol. The molecule has 186 valence electrons. The summed E-state index contributed by atoms with van der Waals surface area (Å²) in [5.41, 5.74) is -1.66. The zero-order chi connectivity index (χ0) is 24.0. The van der Waals surface area contributed by atoms with Gasteiger partial charge >= 0.3 is 17.9 Å². The van der Waals surface area contributed by atoms with E-state index in [1.165, 1.54) is 13.8 Å². The molecule has 0 aliphatic heterocycles. The summed E-state index contributed by atoms with van der Waals surface area (Å²) in [5.74, 6) is 0.208. The van der Waals surface area contributed by atoms with Crippen LogP contribution >= 0.6 is 0 Å². The lowest BCUT2D eigenvalue weighted by molar-refractivity contribution is -0.245.